The highest BCUT2D eigenvalue weighted by Crippen LogP contribution is 2.13. The monoisotopic (exact) mass is 270 g/mol. The molecular weight excluding hydrogens is 256 g/mol. The van der Waals surface area contributed by atoms with Gasteiger partial charge in [0.2, 0.25) is 0 Å². The molecule has 1 aromatic carbocycles. The lowest BCUT2D eigenvalue weighted by molar-refractivity contribution is -0.138. The van der Waals surface area contributed by atoms with E-state index in [4.69, 9.17) is 5.11 Å². The van der Waals surface area contributed by atoms with Crippen LogP contribution in [-0.4, -0.2) is 31.0 Å². The average Bonchev–Trinajstić information content (AvgIpc) is 2.26. The van der Waals surface area contributed by atoms with Gasteiger partial charge in [0.05, 0.1) is 11.3 Å². The van der Waals surface area contributed by atoms with Crippen LogP contribution < -0.4 is 0 Å². The van der Waals surface area contributed by atoms with Crippen molar-refractivity contribution in [3.63, 3.8) is 0 Å². The predicted molar refractivity (Wildman–Crippen MR) is 65.1 cm³/mol. The molecule has 0 unspecified atom stereocenters. The highest BCUT2D eigenvalue weighted by molar-refractivity contribution is 7.92. The topological polar surface area (TPSA) is 88.5 Å². The number of rotatable bonds is 6. The highest BCUT2D eigenvalue weighted by atomic mass is 32.2. The zero-order valence-electron chi connectivity index (χ0n) is 9.92. The van der Waals surface area contributed by atoms with Gasteiger partial charge in [0.25, 0.3) is 0 Å². The van der Waals surface area contributed by atoms with Crippen molar-refractivity contribution in [1.82, 2.24) is 0 Å². The predicted octanol–water partition coefficient (Wildman–Crippen LogP) is 1.20. The van der Waals surface area contributed by atoms with Gasteiger partial charge in [-0.1, -0.05) is 17.7 Å². The second-order valence-corrected chi connectivity index (χ2v) is 5.99. The molecule has 1 rings (SSSR count). The van der Waals surface area contributed by atoms with Crippen LogP contribution in [0.4, 0.5) is 0 Å². The number of carbonyl (C=O) groups excluding carboxylic acids is 1. The minimum absolute atomic E-state index is 0.0803. The van der Waals surface area contributed by atoms with Crippen molar-refractivity contribution in [2.75, 3.05) is 5.75 Å². The normalized spacial score (nSPS) is 11.2. The van der Waals surface area contributed by atoms with Gasteiger partial charge >= 0.3 is 5.97 Å². The van der Waals surface area contributed by atoms with E-state index < -0.39 is 27.3 Å². The quantitative estimate of drug-likeness (QED) is 0.839. The van der Waals surface area contributed by atoms with Crippen LogP contribution in [0.25, 0.3) is 0 Å². The van der Waals surface area contributed by atoms with Gasteiger partial charge in [-0.2, -0.15) is 0 Å². The molecule has 0 atom stereocenters. The fraction of sp³-hybridized carbons (Fsp3) is 0.333. The second-order valence-electron chi connectivity index (χ2n) is 4.00. The van der Waals surface area contributed by atoms with Gasteiger partial charge in [-0.25, -0.2) is 8.42 Å². The summed E-state index contributed by atoms with van der Waals surface area (Å²) >= 11 is 0. The SMILES string of the molecule is Cc1ccc(S(=O)(=O)CC(=O)CCC(=O)O)cc1. The summed E-state index contributed by atoms with van der Waals surface area (Å²) in [7, 11) is -3.67. The molecule has 0 aliphatic carbocycles. The van der Waals surface area contributed by atoms with Gasteiger partial charge < -0.3 is 5.11 Å². The summed E-state index contributed by atoms with van der Waals surface area (Å²) in [6.07, 6.45) is -0.608. The van der Waals surface area contributed by atoms with Gasteiger partial charge in [-0.3, -0.25) is 9.59 Å². The van der Waals surface area contributed by atoms with Crippen LogP contribution in [0, 0.1) is 6.92 Å². The van der Waals surface area contributed by atoms with E-state index in [9.17, 15) is 18.0 Å². The standard InChI is InChI=1S/C12H14O5S/c1-9-2-5-11(6-3-9)18(16,17)8-10(13)4-7-12(14)15/h2-3,5-6H,4,7-8H2,1H3,(H,14,15). The van der Waals surface area contributed by atoms with E-state index in [1.54, 1.807) is 12.1 Å². The Hall–Kier alpha value is -1.69. The Morgan fingerprint density at radius 2 is 1.67 bits per heavy atom. The molecule has 0 fully saturated rings. The Labute approximate surface area is 105 Å². The first-order chi connectivity index (χ1) is 8.31. The molecule has 0 aliphatic heterocycles. The number of hydrogen-bond acceptors (Lipinski definition) is 4. The lowest BCUT2D eigenvalue weighted by Crippen LogP contribution is -2.17. The molecule has 0 spiro atoms. The molecule has 1 N–H and O–H groups in total. The summed E-state index contributed by atoms with van der Waals surface area (Å²) in [5.74, 6) is -2.35. The summed E-state index contributed by atoms with van der Waals surface area (Å²) in [6.45, 7) is 1.83. The van der Waals surface area contributed by atoms with Crippen molar-refractivity contribution in [2.45, 2.75) is 24.7 Å². The number of Topliss-reactive ketones (excluding diaryl/α,β-unsaturated/α-hetero) is 1. The van der Waals surface area contributed by atoms with Crippen LogP contribution >= 0.6 is 0 Å². The molecule has 5 nitrogen and oxygen atoms in total. The van der Waals surface area contributed by atoms with Gasteiger partial charge in [-0.15, -0.1) is 0 Å². The Kier molecular flexibility index (Phi) is 4.61. The maximum absolute atomic E-state index is 11.8. The van der Waals surface area contributed by atoms with Crippen LogP contribution in [-0.2, 0) is 19.4 Å². The molecule has 0 saturated heterocycles. The third kappa shape index (κ3) is 4.29. The summed E-state index contributed by atoms with van der Waals surface area (Å²) in [5, 5.41) is 8.41. The average molecular weight is 270 g/mol. The smallest absolute Gasteiger partial charge is 0.303 e. The van der Waals surface area contributed by atoms with Crippen molar-refractivity contribution in [2.24, 2.45) is 0 Å². The van der Waals surface area contributed by atoms with Crippen molar-refractivity contribution in [3.8, 4) is 0 Å². The molecule has 18 heavy (non-hydrogen) atoms. The van der Waals surface area contributed by atoms with Crippen LogP contribution in [0.1, 0.15) is 18.4 Å². The number of carboxylic acid groups (broad SMARTS) is 1. The number of carboxylic acids is 1. The van der Waals surface area contributed by atoms with Crippen molar-refractivity contribution >= 4 is 21.6 Å². The molecule has 6 heteroatoms. The summed E-state index contributed by atoms with van der Waals surface area (Å²) in [5.41, 5.74) is 0.922. The molecule has 1 aromatic rings. The van der Waals surface area contributed by atoms with E-state index >= 15 is 0 Å². The molecule has 0 radical (unpaired) electrons. The Bertz CT molecular complexity index is 542. The minimum atomic E-state index is -3.67. The van der Waals surface area contributed by atoms with Crippen LogP contribution in [0.2, 0.25) is 0 Å². The summed E-state index contributed by atoms with van der Waals surface area (Å²) < 4.78 is 23.7. The molecular formula is C12H14O5S. The maximum atomic E-state index is 11.8. The minimum Gasteiger partial charge on any atom is -0.481 e. The lowest BCUT2D eigenvalue weighted by Gasteiger charge is -2.03. The van der Waals surface area contributed by atoms with Crippen molar-refractivity contribution < 1.29 is 23.1 Å². The van der Waals surface area contributed by atoms with Gasteiger partial charge in [0.15, 0.2) is 9.84 Å². The van der Waals surface area contributed by atoms with E-state index in [2.05, 4.69) is 0 Å². The molecule has 0 aliphatic rings. The Balaban J connectivity index is 2.73. The number of sulfone groups is 1. The number of aliphatic carboxylic acids is 1. The van der Waals surface area contributed by atoms with Crippen molar-refractivity contribution in [1.29, 1.82) is 0 Å². The number of carbonyl (C=O) groups is 2. The maximum Gasteiger partial charge on any atom is 0.303 e. The number of hydrogen-bond donors (Lipinski definition) is 1. The molecule has 0 bridgehead atoms. The zero-order chi connectivity index (χ0) is 13.8. The van der Waals surface area contributed by atoms with E-state index in [1.165, 1.54) is 12.1 Å². The summed E-state index contributed by atoms with van der Waals surface area (Å²) in [6, 6.07) is 6.17. The van der Waals surface area contributed by atoms with E-state index in [-0.39, 0.29) is 17.7 Å². The largest absolute Gasteiger partial charge is 0.481 e. The third-order valence-electron chi connectivity index (χ3n) is 2.35. The van der Waals surface area contributed by atoms with Gasteiger partial charge in [-0.05, 0) is 19.1 Å². The number of aryl methyl sites for hydroxylation is 1. The van der Waals surface area contributed by atoms with Crippen molar-refractivity contribution in [3.05, 3.63) is 29.8 Å². The first-order valence-electron chi connectivity index (χ1n) is 5.34. The third-order valence-corrected chi connectivity index (χ3v) is 4.04. The summed E-state index contributed by atoms with van der Waals surface area (Å²) in [4.78, 5) is 21.7. The Morgan fingerprint density at radius 1 is 1.11 bits per heavy atom. The first-order valence-corrected chi connectivity index (χ1v) is 6.99. The molecule has 98 valence electrons. The molecule has 0 saturated carbocycles. The van der Waals surface area contributed by atoms with E-state index in [0.29, 0.717) is 0 Å². The number of ketones is 1. The molecule has 0 amide bonds. The highest BCUT2D eigenvalue weighted by Gasteiger charge is 2.19. The number of benzene rings is 1. The molecule has 0 aromatic heterocycles. The zero-order valence-corrected chi connectivity index (χ0v) is 10.7. The van der Waals surface area contributed by atoms with Gasteiger partial charge in [0, 0.05) is 6.42 Å². The molecule has 0 heterocycles. The van der Waals surface area contributed by atoms with E-state index in [0.717, 1.165) is 5.56 Å². The first kappa shape index (κ1) is 14.4. The lowest BCUT2D eigenvalue weighted by atomic mass is 10.2. The Morgan fingerprint density at radius 3 is 2.17 bits per heavy atom. The van der Waals surface area contributed by atoms with Crippen LogP contribution in [0.15, 0.2) is 29.2 Å². The fourth-order valence-corrected chi connectivity index (χ4v) is 2.65. The fourth-order valence-electron chi connectivity index (χ4n) is 1.36. The van der Waals surface area contributed by atoms with E-state index in [1.807, 2.05) is 6.92 Å². The van der Waals surface area contributed by atoms with Crippen LogP contribution in [0.5, 0.6) is 0 Å². The van der Waals surface area contributed by atoms with Crippen LogP contribution in [0.3, 0.4) is 0 Å². The second kappa shape index (κ2) is 5.77. The van der Waals surface area contributed by atoms with Gasteiger partial charge in [0.1, 0.15) is 11.5 Å².